The van der Waals surface area contributed by atoms with Gasteiger partial charge in [0.25, 0.3) is 0 Å². The molecule has 0 radical (unpaired) electrons. The Labute approximate surface area is 116 Å². The number of hydrogen-bond acceptors (Lipinski definition) is 5. The largest absolute Gasteiger partial charge is 0.480 e. The molecular weight excluding hydrogens is 262 g/mol. The lowest BCUT2D eigenvalue weighted by molar-refractivity contribution is -0.142. The standard InChI is InChI=1S/C13H19N3O4/c1-8-14-12(20-16-8)4-2-3-11(17)15-10(13(18)19)7-9-5-6-9/h9-10H,2-7H2,1H3,(H,15,17)(H,18,19). The first-order chi connectivity index (χ1) is 9.54. The van der Waals surface area contributed by atoms with E-state index in [-0.39, 0.29) is 12.3 Å². The van der Waals surface area contributed by atoms with Gasteiger partial charge in [-0.1, -0.05) is 18.0 Å². The molecule has 1 aromatic rings. The Morgan fingerprint density at radius 2 is 2.25 bits per heavy atom. The van der Waals surface area contributed by atoms with E-state index in [9.17, 15) is 9.59 Å². The van der Waals surface area contributed by atoms with E-state index in [0.29, 0.717) is 36.9 Å². The summed E-state index contributed by atoms with van der Waals surface area (Å²) < 4.78 is 4.94. The topological polar surface area (TPSA) is 105 Å². The van der Waals surface area contributed by atoms with Crippen LogP contribution in [0.1, 0.15) is 43.8 Å². The van der Waals surface area contributed by atoms with Gasteiger partial charge >= 0.3 is 5.97 Å². The van der Waals surface area contributed by atoms with Crippen molar-refractivity contribution in [3.63, 3.8) is 0 Å². The summed E-state index contributed by atoms with van der Waals surface area (Å²) in [5, 5.41) is 15.3. The first-order valence-electron chi connectivity index (χ1n) is 6.86. The van der Waals surface area contributed by atoms with Gasteiger partial charge in [0.15, 0.2) is 5.82 Å². The summed E-state index contributed by atoms with van der Waals surface area (Å²) in [6.07, 6.45) is 4.00. The molecule has 0 aromatic carbocycles. The quantitative estimate of drug-likeness (QED) is 0.738. The number of nitrogens with one attached hydrogen (secondary N) is 1. The second kappa shape index (κ2) is 6.49. The third kappa shape index (κ3) is 4.64. The molecule has 7 heteroatoms. The fourth-order valence-electron chi connectivity index (χ4n) is 2.02. The zero-order valence-corrected chi connectivity index (χ0v) is 11.5. The summed E-state index contributed by atoms with van der Waals surface area (Å²) in [6, 6.07) is -0.763. The van der Waals surface area contributed by atoms with E-state index < -0.39 is 12.0 Å². The first-order valence-corrected chi connectivity index (χ1v) is 6.86. The van der Waals surface area contributed by atoms with Crippen LogP contribution >= 0.6 is 0 Å². The molecule has 110 valence electrons. The smallest absolute Gasteiger partial charge is 0.326 e. The van der Waals surface area contributed by atoms with Crippen molar-refractivity contribution in [3.05, 3.63) is 11.7 Å². The highest BCUT2D eigenvalue weighted by atomic mass is 16.5. The molecule has 0 spiro atoms. The van der Waals surface area contributed by atoms with Crippen LogP contribution in [0.4, 0.5) is 0 Å². The third-order valence-electron chi connectivity index (χ3n) is 3.26. The van der Waals surface area contributed by atoms with Gasteiger partial charge < -0.3 is 14.9 Å². The van der Waals surface area contributed by atoms with Crippen LogP contribution in [-0.2, 0) is 16.0 Å². The molecule has 1 unspecified atom stereocenters. The van der Waals surface area contributed by atoms with Crippen LogP contribution in [0.5, 0.6) is 0 Å². The highest BCUT2D eigenvalue weighted by Crippen LogP contribution is 2.33. The minimum atomic E-state index is -0.960. The number of amides is 1. The Morgan fingerprint density at radius 1 is 1.50 bits per heavy atom. The molecular formula is C13H19N3O4. The fraction of sp³-hybridized carbons (Fsp3) is 0.692. The number of rotatable bonds is 8. The van der Waals surface area contributed by atoms with E-state index in [0.717, 1.165) is 12.8 Å². The Kier molecular flexibility index (Phi) is 4.70. The number of aliphatic carboxylic acids is 1. The highest BCUT2D eigenvalue weighted by Gasteiger charge is 2.29. The normalized spacial score (nSPS) is 15.8. The van der Waals surface area contributed by atoms with Gasteiger partial charge in [0.2, 0.25) is 11.8 Å². The molecule has 0 aliphatic heterocycles. The fourth-order valence-corrected chi connectivity index (χ4v) is 2.02. The van der Waals surface area contributed by atoms with Crippen molar-refractivity contribution in [3.8, 4) is 0 Å². The summed E-state index contributed by atoms with van der Waals surface area (Å²) in [7, 11) is 0. The monoisotopic (exact) mass is 281 g/mol. The number of carboxylic acid groups (broad SMARTS) is 1. The molecule has 0 saturated heterocycles. The summed E-state index contributed by atoms with van der Waals surface area (Å²) in [4.78, 5) is 26.8. The van der Waals surface area contributed by atoms with Gasteiger partial charge in [-0.25, -0.2) is 4.79 Å². The zero-order valence-electron chi connectivity index (χ0n) is 11.5. The predicted molar refractivity (Wildman–Crippen MR) is 68.9 cm³/mol. The van der Waals surface area contributed by atoms with Gasteiger partial charge in [-0.05, 0) is 25.7 Å². The number of aromatic nitrogens is 2. The van der Waals surface area contributed by atoms with Crippen molar-refractivity contribution < 1.29 is 19.2 Å². The van der Waals surface area contributed by atoms with E-state index in [1.54, 1.807) is 6.92 Å². The Bertz CT molecular complexity index is 482. The first kappa shape index (κ1) is 14.5. The molecule has 1 aromatic heterocycles. The van der Waals surface area contributed by atoms with Crippen LogP contribution in [0.15, 0.2) is 4.52 Å². The van der Waals surface area contributed by atoms with Gasteiger partial charge in [-0.15, -0.1) is 0 Å². The maximum absolute atomic E-state index is 11.7. The van der Waals surface area contributed by atoms with Gasteiger partial charge in [0.1, 0.15) is 6.04 Å². The van der Waals surface area contributed by atoms with E-state index >= 15 is 0 Å². The summed E-state index contributed by atoms with van der Waals surface area (Å²) >= 11 is 0. The van der Waals surface area contributed by atoms with Crippen LogP contribution in [0, 0.1) is 12.8 Å². The average Bonchev–Trinajstić information content (AvgIpc) is 3.10. The maximum Gasteiger partial charge on any atom is 0.326 e. The van der Waals surface area contributed by atoms with E-state index in [1.807, 2.05) is 0 Å². The highest BCUT2D eigenvalue weighted by molar-refractivity contribution is 5.83. The van der Waals surface area contributed by atoms with Crippen molar-refractivity contribution in [2.75, 3.05) is 0 Å². The zero-order chi connectivity index (χ0) is 14.5. The van der Waals surface area contributed by atoms with Crippen molar-refractivity contribution in [2.45, 2.75) is 51.5 Å². The molecule has 2 rings (SSSR count). The number of carbonyl (C=O) groups is 2. The molecule has 2 N–H and O–H groups in total. The molecule has 1 fully saturated rings. The lowest BCUT2D eigenvalue weighted by atomic mass is 10.1. The van der Waals surface area contributed by atoms with Crippen LogP contribution in [0.2, 0.25) is 0 Å². The van der Waals surface area contributed by atoms with E-state index in [1.165, 1.54) is 0 Å². The van der Waals surface area contributed by atoms with Gasteiger partial charge in [0.05, 0.1) is 0 Å². The summed E-state index contributed by atoms with van der Waals surface area (Å²) in [5.41, 5.74) is 0. The summed E-state index contributed by atoms with van der Waals surface area (Å²) in [5.74, 6) is 0.327. The van der Waals surface area contributed by atoms with Crippen molar-refractivity contribution in [1.82, 2.24) is 15.5 Å². The molecule has 1 atom stereocenters. The molecule has 1 aliphatic carbocycles. The number of carboxylic acids is 1. The van der Waals surface area contributed by atoms with Crippen LogP contribution in [0.3, 0.4) is 0 Å². The Morgan fingerprint density at radius 3 is 2.80 bits per heavy atom. The second-order valence-electron chi connectivity index (χ2n) is 5.23. The van der Waals surface area contributed by atoms with E-state index in [2.05, 4.69) is 15.5 Å². The van der Waals surface area contributed by atoms with Gasteiger partial charge in [-0.2, -0.15) is 4.98 Å². The SMILES string of the molecule is Cc1noc(CCCC(=O)NC(CC2CC2)C(=O)O)n1. The molecule has 1 heterocycles. The summed E-state index contributed by atoms with van der Waals surface area (Å²) in [6.45, 7) is 1.73. The van der Waals surface area contributed by atoms with Crippen LogP contribution in [0.25, 0.3) is 0 Å². The van der Waals surface area contributed by atoms with Gasteiger partial charge in [-0.3, -0.25) is 4.79 Å². The van der Waals surface area contributed by atoms with Crippen molar-refractivity contribution in [2.24, 2.45) is 5.92 Å². The third-order valence-corrected chi connectivity index (χ3v) is 3.26. The maximum atomic E-state index is 11.7. The van der Waals surface area contributed by atoms with E-state index in [4.69, 9.17) is 9.63 Å². The molecule has 1 aliphatic rings. The minimum Gasteiger partial charge on any atom is -0.480 e. The van der Waals surface area contributed by atoms with Crippen molar-refractivity contribution in [1.29, 1.82) is 0 Å². The van der Waals surface area contributed by atoms with Crippen molar-refractivity contribution >= 4 is 11.9 Å². The molecule has 1 amide bonds. The lowest BCUT2D eigenvalue weighted by Crippen LogP contribution is -2.41. The van der Waals surface area contributed by atoms with Crippen LogP contribution < -0.4 is 5.32 Å². The number of aryl methyl sites for hydroxylation is 2. The average molecular weight is 281 g/mol. The molecule has 20 heavy (non-hydrogen) atoms. The Hall–Kier alpha value is -1.92. The number of nitrogens with zero attached hydrogens (tertiary/aromatic N) is 2. The van der Waals surface area contributed by atoms with Crippen LogP contribution in [-0.4, -0.2) is 33.2 Å². The second-order valence-corrected chi connectivity index (χ2v) is 5.23. The lowest BCUT2D eigenvalue weighted by Gasteiger charge is -2.13. The van der Waals surface area contributed by atoms with Gasteiger partial charge in [0, 0.05) is 12.8 Å². The minimum absolute atomic E-state index is 0.241. The molecule has 0 bridgehead atoms. The number of carbonyl (C=O) groups excluding carboxylic acids is 1. The molecule has 1 saturated carbocycles. The predicted octanol–water partition coefficient (Wildman–Crippen LogP) is 1.07. The number of hydrogen-bond donors (Lipinski definition) is 2. The molecule has 7 nitrogen and oxygen atoms in total. The Balaban J connectivity index is 1.69.